The Bertz CT molecular complexity index is 993. The summed E-state index contributed by atoms with van der Waals surface area (Å²) in [4.78, 5) is 22.1. The van der Waals surface area contributed by atoms with Crippen LogP contribution in [0, 0.1) is 11.2 Å². The lowest BCUT2D eigenvalue weighted by molar-refractivity contribution is -0.131. The molecule has 2 aromatic rings. The maximum absolute atomic E-state index is 14.6. The van der Waals surface area contributed by atoms with Gasteiger partial charge in [0, 0.05) is 30.4 Å². The SMILES string of the molecule is CC1CC(N(C(=N)N)C(=O)CC2c3cc(F)c4nc(C(C)(C)C)[nH]c4c32)CCO1. The highest BCUT2D eigenvalue weighted by Gasteiger charge is 2.41. The van der Waals surface area contributed by atoms with E-state index in [0.717, 1.165) is 17.0 Å². The molecular formula is C21H28FN5O2. The van der Waals surface area contributed by atoms with Crippen LogP contribution >= 0.6 is 0 Å². The normalized spacial score (nSPS) is 23.7. The molecule has 3 atom stereocenters. The average molecular weight is 401 g/mol. The second kappa shape index (κ2) is 6.79. The van der Waals surface area contributed by atoms with Crippen molar-refractivity contribution < 1.29 is 13.9 Å². The van der Waals surface area contributed by atoms with Crippen LogP contribution in [0.5, 0.6) is 0 Å². The highest BCUT2D eigenvalue weighted by molar-refractivity contribution is 5.97. The first-order chi connectivity index (χ1) is 13.6. The van der Waals surface area contributed by atoms with Gasteiger partial charge >= 0.3 is 0 Å². The van der Waals surface area contributed by atoms with Crippen LogP contribution in [0.25, 0.3) is 11.0 Å². The van der Waals surface area contributed by atoms with Crippen LogP contribution in [-0.2, 0) is 14.9 Å². The number of carbonyl (C=O) groups is 1. The van der Waals surface area contributed by atoms with Crippen molar-refractivity contribution >= 4 is 22.9 Å². The third-order valence-electron chi connectivity index (χ3n) is 5.87. The van der Waals surface area contributed by atoms with Crippen molar-refractivity contribution in [2.75, 3.05) is 6.61 Å². The molecule has 7 nitrogen and oxygen atoms in total. The fourth-order valence-electron chi connectivity index (χ4n) is 4.31. The topological polar surface area (TPSA) is 108 Å². The van der Waals surface area contributed by atoms with Crippen molar-refractivity contribution in [1.82, 2.24) is 14.9 Å². The van der Waals surface area contributed by atoms with Crippen molar-refractivity contribution in [3.63, 3.8) is 0 Å². The van der Waals surface area contributed by atoms with Gasteiger partial charge in [-0.05, 0) is 37.0 Å². The first kappa shape index (κ1) is 19.8. The van der Waals surface area contributed by atoms with E-state index in [4.69, 9.17) is 15.9 Å². The van der Waals surface area contributed by atoms with Gasteiger partial charge in [-0.1, -0.05) is 20.8 Å². The van der Waals surface area contributed by atoms with E-state index in [1.54, 1.807) is 0 Å². The van der Waals surface area contributed by atoms with Crippen LogP contribution in [0.2, 0.25) is 0 Å². The number of aromatic nitrogens is 2. The number of rotatable bonds is 3. The minimum absolute atomic E-state index is 0.0241. The summed E-state index contributed by atoms with van der Waals surface area (Å²) in [6, 6.07) is 1.35. The Morgan fingerprint density at radius 3 is 2.83 bits per heavy atom. The fourth-order valence-corrected chi connectivity index (χ4v) is 4.31. The predicted octanol–water partition coefficient (Wildman–Crippen LogP) is 3.12. The standard InChI is InChI=1S/C21H28FN5O2/c1-10-7-11(5-6-29-10)27(20(23)24)15(28)9-13-12-8-14(22)17-18(16(12)13)26-19(25-17)21(2,3)4/h8,10-11,13H,5-7,9H2,1-4H3,(H3,23,24)(H,25,26). The zero-order chi connectivity index (χ0) is 21.1. The first-order valence-corrected chi connectivity index (χ1v) is 10.1. The van der Waals surface area contributed by atoms with Crippen molar-refractivity contribution in [3.8, 4) is 0 Å². The molecule has 1 saturated heterocycles. The number of imidazole rings is 1. The number of carbonyl (C=O) groups excluding carboxylic acids is 1. The van der Waals surface area contributed by atoms with Crippen LogP contribution in [-0.4, -0.2) is 45.5 Å². The Balaban J connectivity index is 1.58. The third-order valence-corrected chi connectivity index (χ3v) is 5.87. The van der Waals surface area contributed by atoms with E-state index in [1.165, 1.54) is 11.0 Å². The molecule has 0 saturated carbocycles. The summed E-state index contributed by atoms with van der Waals surface area (Å²) in [6.45, 7) is 8.55. The maximum Gasteiger partial charge on any atom is 0.230 e. The number of aromatic amines is 1. The number of nitrogens with two attached hydrogens (primary N) is 1. The summed E-state index contributed by atoms with van der Waals surface area (Å²) in [5.74, 6) is -0.268. The molecule has 1 amide bonds. The molecule has 2 aliphatic rings. The van der Waals surface area contributed by atoms with Crippen LogP contribution in [0.1, 0.15) is 69.8 Å². The zero-order valence-corrected chi connectivity index (χ0v) is 17.3. The van der Waals surface area contributed by atoms with E-state index in [-0.39, 0.29) is 47.6 Å². The van der Waals surface area contributed by atoms with Crippen LogP contribution in [0.15, 0.2) is 6.07 Å². The number of nitrogens with zero attached hydrogens (tertiary/aromatic N) is 2. The van der Waals surface area contributed by atoms with Crippen molar-refractivity contribution in [2.45, 2.75) is 70.4 Å². The molecule has 29 heavy (non-hydrogen) atoms. The lowest BCUT2D eigenvalue weighted by Crippen LogP contribution is -2.51. The Kier molecular flexibility index (Phi) is 4.64. The number of H-pyrrole nitrogens is 1. The van der Waals surface area contributed by atoms with Gasteiger partial charge in [-0.15, -0.1) is 0 Å². The van der Waals surface area contributed by atoms with E-state index in [9.17, 15) is 9.18 Å². The lowest BCUT2D eigenvalue weighted by atomic mass is 9.96. The summed E-state index contributed by atoms with van der Waals surface area (Å²) in [5.41, 5.74) is 8.30. The lowest BCUT2D eigenvalue weighted by Gasteiger charge is -2.35. The summed E-state index contributed by atoms with van der Waals surface area (Å²) in [5, 5.41) is 7.91. The van der Waals surface area contributed by atoms with Gasteiger partial charge in [0.1, 0.15) is 11.3 Å². The van der Waals surface area contributed by atoms with E-state index in [1.807, 2.05) is 27.7 Å². The average Bonchev–Trinajstić information content (AvgIpc) is 3.07. The number of nitrogens with one attached hydrogen (secondary N) is 2. The smallest absolute Gasteiger partial charge is 0.230 e. The largest absolute Gasteiger partial charge is 0.378 e. The number of hydrogen-bond acceptors (Lipinski definition) is 4. The van der Waals surface area contributed by atoms with E-state index < -0.39 is 0 Å². The predicted molar refractivity (Wildman–Crippen MR) is 108 cm³/mol. The molecule has 3 unspecified atom stereocenters. The number of guanidine groups is 1. The van der Waals surface area contributed by atoms with Gasteiger partial charge in [0.25, 0.3) is 0 Å². The molecule has 1 aromatic heterocycles. The molecule has 0 bridgehead atoms. The Morgan fingerprint density at radius 2 is 2.21 bits per heavy atom. The molecule has 1 fully saturated rings. The number of ether oxygens (including phenoxy) is 1. The summed E-state index contributed by atoms with van der Waals surface area (Å²) >= 11 is 0. The quantitative estimate of drug-likeness (QED) is 0.542. The van der Waals surface area contributed by atoms with Crippen LogP contribution in [0.4, 0.5) is 4.39 Å². The summed E-state index contributed by atoms with van der Waals surface area (Å²) in [7, 11) is 0. The minimum Gasteiger partial charge on any atom is -0.378 e. The van der Waals surface area contributed by atoms with Crippen molar-refractivity contribution in [2.24, 2.45) is 5.73 Å². The van der Waals surface area contributed by atoms with Gasteiger partial charge in [0.15, 0.2) is 11.8 Å². The number of fused-ring (bicyclic) bond motifs is 3. The van der Waals surface area contributed by atoms with Gasteiger partial charge in [-0.2, -0.15) is 0 Å². The molecule has 1 aliphatic heterocycles. The molecule has 4 rings (SSSR count). The first-order valence-electron chi connectivity index (χ1n) is 10.1. The molecule has 1 aliphatic carbocycles. The number of amides is 1. The van der Waals surface area contributed by atoms with Crippen molar-refractivity contribution in [3.05, 3.63) is 28.8 Å². The molecule has 156 valence electrons. The molecule has 1 aromatic carbocycles. The Hall–Kier alpha value is -2.48. The monoisotopic (exact) mass is 401 g/mol. The number of hydrogen-bond donors (Lipinski definition) is 3. The second-order valence-corrected chi connectivity index (χ2v) is 9.19. The zero-order valence-electron chi connectivity index (χ0n) is 17.3. The van der Waals surface area contributed by atoms with E-state index >= 15 is 0 Å². The van der Waals surface area contributed by atoms with Crippen LogP contribution in [0.3, 0.4) is 0 Å². The Labute approximate surface area is 169 Å². The summed E-state index contributed by atoms with van der Waals surface area (Å²) in [6.07, 6.45) is 1.50. The van der Waals surface area contributed by atoms with Gasteiger partial charge in [-0.25, -0.2) is 9.37 Å². The number of benzene rings is 1. The molecule has 2 heterocycles. The van der Waals surface area contributed by atoms with Gasteiger partial charge in [-0.3, -0.25) is 15.1 Å². The van der Waals surface area contributed by atoms with Crippen LogP contribution < -0.4 is 5.73 Å². The van der Waals surface area contributed by atoms with Gasteiger partial charge in [0.2, 0.25) is 5.91 Å². The van der Waals surface area contributed by atoms with Gasteiger partial charge < -0.3 is 15.5 Å². The maximum atomic E-state index is 14.6. The van der Waals surface area contributed by atoms with Gasteiger partial charge in [0.05, 0.1) is 11.6 Å². The highest BCUT2D eigenvalue weighted by Crippen LogP contribution is 2.50. The van der Waals surface area contributed by atoms with E-state index in [0.29, 0.717) is 30.5 Å². The molecule has 0 radical (unpaired) electrons. The molecule has 0 spiro atoms. The molecular weight excluding hydrogens is 373 g/mol. The molecule has 8 heteroatoms. The van der Waals surface area contributed by atoms with Crippen molar-refractivity contribution in [1.29, 1.82) is 5.41 Å². The summed E-state index contributed by atoms with van der Waals surface area (Å²) < 4.78 is 20.1. The molecule has 4 N–H and O–H groups in total. The van der Waals surface area contributed by atoms with E-state index in [2.05, 4.69) is 9.97 Å². The number of halogens is 1. The minimum atomic E-state index is -0.373. The fraction of sp³-hybridized carbons (Fsp3) is 0.571. The second-order valence-electron chi connectivity index (χ2n) is 9.19. The third kappa shape index (κ3) is 3.50. The highest BCUT2D eigenvalue weighted by atomic mass is 19.1. The Morgan fingerprint density at radius 1 is 1.48 bits per heavy atom.